The summed E-state index contributed by atoms with van der Waals surface area (Å²) < 4.78 is 4.90. The molecular weight excluding hydrogens is 240 g/mol. The third-order valence-corrected chi connectivity index (χ3v) is 2.69. The van der Waals surface area contributed by atoms with Gasteiger partial charge in [-0.25, -0.2) is 4.79 Å². The predicted molar refractivity (Wildman–Crippen MR) is 62.9 cm³/mol. The number of phenolic OH excluding ortho intramolecular Hbond substituents is 1. The van der Waals surface area contributed by atoms with Crippen molar-refractivity contribution in [3.8, 4) is 11.5 Å². The molecule has 0 spiro atoms. The lowest BCUT2D eigenvalue weighted by Gasteiger charge is -2.21. The quantitative estimate of drug-likeness (QED) is 0.623. The number of rotatable bonds is 5. The van der Waals surface area contributed by atoms with E-state index in [0.717, 1.165) is 12.1 Å². The average molecular weight is 256 g/mol. The molecular formula is C12H16O6. The van der Waals surface area contributed by atoms with Gasteiger partial charge in [0.05, 0.1) is 18.8 Å². The standard InChI is InChI=1S/C12H16O6/c1-3-7(13)10(15)9-6(12(16)17)4-5-8(14)11(9)18-2/h4-5,7,10,13-15H,3H2,1-2H3,(H,16,17). The Hall–Kier alpha value is -1.79. The molecule has 2 atom stereocenters. The number of carboxylic acids is 1. The Morgan fingerprint density at radius 2 is 2.00 bits per heavy atom. The van der Waals surface area contributed by atoms with E-state index >= 15 is 0 Å². The first kappa shape index (κ1) is 14.3. The molecule has 0 aliphatic rings. The van der Waals surface area contributed by atoms with Gasteiger partial charge in [-0.3, -0.25) is 0 Å². The summed E-state index contributed by atoms with van der Waals surface area (Å²) in [6, 6.07) is 2.32. The van der Waals surface area contributed by atoms with Crippen molar-refractivity contribution in [3.63, 3.8) is 0 Å². The molecule has 1 aromatic rings. The highest BCUT2D eigenvalue weighted by atomic mass is 16.5. The van der Waals surface area contributed by atoms with Gasteiger partial charge in [-0.15, -0.1) is 0 Å². The Morgan fingerprint density at radius 3 is 2.44 bits per heavy atom. The summed E-state index contributed by atoms with van der Waals surface area (Å²) in [5.41, 5.74) is -0.344. The minimum atomic E-state index is -1.44. The third-order valence-electron chi connectivity index (χ3n) is 2.69. The Bertz CT molecular complexity index is 442. The lowest BCUT2D eigenvalue weighted by Crippen LogP contribution is -2.20. The summed E-state index contributed by atoms with van der Waals surface area (Å²) in [6.07, 6.45) is -2.35. The normalized spacial score (nSPS) is 14.0. The maximum atomic E-state index is 11.1. The second-order valence-electron chi connectivity index (χ2n) is 3.80. The van der Waals surface area contributed by atoms with E-state index in [1.54, 1.807) is 6.92 Å². The monoisotopic (exact) mass is 256 g/mol. The van der Waals surface area contributed by atoms with E-state index in [-0.39, 0.29) is 29.0 Å². The molecule has 0 fully saturated rings. The number of aliphatic hydroxyl groups is 2. The zero-order valence-electron chi connectivity index (χ0n) is 10.1. The van der Waals surface area contributed by atoms with E-state index in [2.05, 4.69) is 0 Å². The molecule has 0 bridgehead atoms. The van der Waals surface area contributed by atoms with Gasteiger partial charge in [0.1, 0.15) is 6.10 Å². The molecule has 6 nitrogen and oxygen atoms in total. The lowest BCUT2D eigenvalue weighted by molar-refractivity contribution is 0.0139. The van der Waals surface area contributed by atoms with Crippen molar-refractivity contribution < 1.29 is 30.0 Å². The number of carbonyl (C=O) groups is 1. The van der Waals surface area contributed by atoms with Crippen molar-refractivity contribution in [2.45, 2.75) is 25.6 Å². The number of aliphatic hydroxyl groups excluding tert-OH is 2. The number of hydrogen-bond acceptors (Lipinski definition) is 5. The molecule has 0 radical (unpaired) electrons. The first-order chi connectivity index (χ1) is 8.43. The van der Waals surface area contributed by atoms with Crippen LogP contribution in [0, 0.1) is 0 Å². The molecule has 0 aromatic heterocycles. The fourth-order valence-electron chi connectivity index (χ4n) is 1.70. The van der Waals surface area contributed by atoms with Crippen molar-refractivity contribution in [1.29, 1.82) is 0 Å². The van der Waals surface area contributed by atoms with E-state index in [4.69, 9.17) is 9.84 Å². The van der Waals surface area contributed by atoms with Crippen LogP contribution < -0.4 is 4.74 Å². The fraction of sp³-hybridized carbons (Fsp3) is 0.417. The van der Waals surface area contributed by atoms with Crippen LogP contribution in [0.25, 0.3) is 0 Å². The van der Waals surface area contributed by atoms with Crippen molar-refractivity contribution in [1.82, 2.24) is 0 Å². The van der Waals surface area contributed by atoms with Gasteiger partial charge >= 0.3 is 5.97 Å². The summed E-state index contributed by atoms with van der Waals surface area (Å²) in [5.74, 6) is -1.71. The summed E-state index contributed by atoms with van der Waals surface area (Å²) in [6.45, 7) is 1.64. The Balaban J connectivity index is 3.44. The summed E-state index contributed by atoms with van der Waals surface area (Å²) >= 11 is 0. The number of benzene rings is 1. The molecule has 6 heteroatoms. The van der Waals surface area contributed by atoms with Crippen molar-refractivity contribution in [2.24, 2.45) is 0 Å². The van der Waals surface area contributed by atoms with Crippen molar-refractivity contribution in [3.05, 3.63) is 23.3 Å². The largest absolute Gasteiger partial charge is 0.504 e. The first-order valence-corrected chi connectivity index (χ1v) is 5.43. The van der Waals surface area contributed by atoms with Gasteiger partial charge in [0.25, 0.3) is 0 Å². The molecule has 100 valence electrons. The Labute approximate surface area is 104 Å². The van der Waals surface area contributed by atoms with Crippen LogP contribution in [-0.2, 0) is 0 Å². The van der Waals surface area contributed by atoms with E-state index in [1.165, 1.54) is 7.11 Å². The smallest absolute Gasteiger partial charge is 0.336 e. The third kappa shape index (κ3) is 2.55. The Morgan fingerprint density at radius 1 is 1.39 bits per heavy atom. The van der Waals surface area contributed by atoms with Crippen LogP contribution in [0.3, 0.4) is 0 Å². The number of carboxylic acid groups (broad SMARTS) is 1. The van der Waals surface area contributed by atoms with E-state index < -0.39 is 18.2 Å². The summed E-state index contributed by atoms with van der Waals surface area (Å²) in [4.78, 5) is 11.1. The maximum Gasteiger partial charge on any atom is 0.336 e. The van der Waals surface area contributed by atoms with Gasteiger partial charge < -0.3 is 25.2 Å². The molecule has 1 rings (SSSR count). The summed E-state index contributed by atoms with van der Waals surface area (Å²) in [5, 5.41) is 38.2. The van der Waals surface area contributed by atoms with Crippen LogP contribution in [0.15, 0.2) is 12.1 Å². The number of ether oxygens (including phenoxy) is 1. The van der Waals surface area contributed by atoms with Crippen LogP contribution in [0.2, 0.25) is 0 Å². The minimum Gasteiger partial charge on any atom is -0.504 e. The number of methoxy groups -OCH3 is 1. The maximum absolute atomic E-state index is 11.1. The van der Waals surface area contributed by atoms with E-state index in [9.17, 15) is 20.1 Å². The molecule has 0 heterocycles. The zero-order chi connectivity index (χ0) is 13.9. The van der Waals surface area contributed by atoms with Crippen LogP contribution in [0.1, 0.15) is 35.4 Å². The number of aromatic hydroxyl groups is 1. The molecule has 0 aliphatic carbocycles. The van der Waals surface area contributed by atoms with Crippen LogP contribution >= 0.6 is 0 Å². The second kappa shape index (κ2) is 5.70. The van der Waals surface area contributed by atoms with Crippen LogP contribution in [0.5, 0.6) is 11.5 Å². The van der Waals surface area contributed by atoms with Gasteiger partial charge in [0.15, 0.2) is 11.5 Å². The molecule has 1 aromatic carbocycles. The molecule has 4 N–H and O–H groups in total. The van der Waals surface area contributed by atoms with Crippen molar-refractivity contribution >= 4 is 5.97 Å². The molecule has 0 aliphatic heterocycles. The van der Waals surface area contributed by atoms with Crippen LogP contribution in [0.4, 0.5) is 0 Å². The highest BCUT2D eigenvalue weighted by molar-refractivity contribution is 5.91. The average Bonchev–Trinajstić information content (AvgIpc) is 2.35. The van der Waals surface area contributed by atoms with Gasteiger partial charge in [-0.05, 0) is 18.6 Å². The van der Waals surface area contributed by atoms with Crippen molar-refractivity contribution in [2.75, 3.05) is 7.11 Å². The molecule has 0 saturated carbocycles. The topological polar surface area (TPSA) is 107 Å². The molecule has 18 heavy (non-hydrogen) atoms. The number of hydrogen-bond donors (Lipinski definition) is 4. The fourth-order valence-corrected chi connectivity index (χ4v) is 1.70. The number of aromatic carboxylic acids is 1. The predicted octanol–water partition coefficient (Wildman–Crippen LogP) is 0.903. The number of phenols is 1. The SMILES string of the molecule is CCC(O)C(O)c1c(C(=O)O)ccc(O)c1OC. The zero-order valence-corrected chi connectivity index (χ0v) is 10.1. The van der Waals surface area contributed by atoms with Gasteiger partial charge in [0, 0.05) is 5.56 Å². The highest BCUT2D eigenvalue weighted by Gasteiger charge is 2.28. The summed E-state index contributed by atoms with van der Waals surface area (Å²) in [7, 11) is 1.25. The lowest BCUT2D eigenvalue weighted by atomic mass is 9.96. The Kier molecular flexibility index (Phi) is 4.52. The highest BCUT2D eigenvalue weighted by Crippen LogP contribution is 2.38. The van der Waals surface area contributed by atoms with Crippen LogP contribution in [-0.4, -0.2) is 39.6 Å². The van der Waals surface area contributed by atoms with E-state index in [1.807, 2.05) is 0 Å². The van der Waals surface area contributed by atoms with Gasteiger partial charge in [-0.2, -0.15) is 0 Å². The molecule has 2 unspecified atom stereocenters. The minimum absolute atomic E-state index is 0.126. The second-order valence-corrected chi connectivity index (χ2v) is 3.80. The van der Waals surface area contributed by atoms with Gasteiger partial charge in [-0.1, -0.05) is 6.92 Å². The molecule has 0 amide bonds. The molecule has 0 saturated heterocycles. The van der Waals surface area contributed by atoms with E-state index in [0.29, 0.717) is 0 Å². The first-order valence-electron chi connectivity index (χ1n) is 5.43. The van der Waals surface area contributed by atoms with Gasteiger partial charge in [0.2, 0.25) is 0 Å².